The van der Waals surface area contributed by atoms with Gasteiger partial charge in [0.15, 0.2) is 0 Å². The van der Waals surface area contributed by atoms with E-state index in [1.165, 1.54) is 11.3 Å². The third-order valence-electron chi connectivity index (χ3n) is 3.96. The van der Waals surface area contributed by atoms with Crippen LogP contribution in [-0.2, 0) is 16.0 Å². The van der Waals surface area contributed by atoms with Crippen LogP contribution in [0.15, 0.2) is 0 Å². The summed E-state index contributed by atoms with van der Waals surface area (Å²) in [5.41, 5.74) is -0.501. The Morgan fingerprint density at radius 2 is 1.96 bits per heavy atom. The van der Waals surface area contributed by atoms with Gasteiger partial charge in [0, 0.05) is 25.4 Å². The van der Waals surface area contributed by atoms with E-state index in [0.29, 0.717) is 31.1 Å². The standard InChI is InChI=1S/C17H28N4O3S/c1-5-6-7-13-19-20-15(25-13)18-14(22)12-8-10-21(11-9-12)16(23)24-17(2,3)4/h12H,5-11H2,1-4H3,(H,18,20,22). The number of likely N-dealkylation sites (tertiary alicyclic amines) is 1. The maximum atomic E-state index is 12.4. The molecule has 0 aliphatic carbocycles. The third kappa shape index (κ3) is 6.26. The van der Waals surface area contributed by atoms with E-state index in [9.17, 15) is 9.59 Å². The average Bonchev–Trinajstić information content (AvgIpc) is 2.98. The highest BCUT2D eigenvalue weighted by molar-refractivity contribution is 7.15. The van der Waals surface area contributed by atoms with Crippen LogP contribution < -0.4 is 5.32 Å². The molecule has 1 N–H and O–H groups in total. The number of hydrogen-bond donors (Lipinski definition) is 1. The summed E-state index contributed by atoms with van der Waals surface area (Å²) < 4.78 is 5.37. The predicted molar refractivity (Wildman–Crippen MR) is 97.7 cm³/mol. The molecule has 2 rings (SSSR count). The number of amides is 2. The molecule has 8 heteroatoms. The van der Waals surface area contributed by atoms with E-state index in [1.54, 1.807) is 4.90 Å². The van der Waals surface area contributed by atoms with Crippen molar-refractivity contribution in [2.45, 2.75) is 65.4 Å². The second-order valence-electron chi connectivity index (χ2n) is 7.34. The van der Waals surface area contributed by atoms with E-state index in [4.69, 9.17) is 4.74 Å². The zero-order chi connectivity index (χ0) is 18.4. The number of aryl methyl sites for hydroxylation is 1. The summed E-state index contributed by atoms with van der Waals surface area (Å²) in [6, 6.07) is 0. The highest BCUT2D eigenvalue weighted by Crippen LogP contribution is 2.23. The second kappa shape index (κ2) is 8.60. The molecule has 0 bridgehead atoms. The van der Waals surface area contributed by atoms with E-state index < -0.39 is 5.60 Å². The number of ether oxygens (including phenoxy) is 1. The molecule has 1 aliphatic rings. The molecule has 0 aromatic carbocycles. The average molecular weight is 369 g/mol. The van der Waals surface area contributed by atoms with Crippen molar-refractivity contribution in [3.8, 4) is 0 Å². The fourth-order valence-corrected chi connectivity index (χ4v) is 3.38. The lowest BCUT2D eigenvalue weighted by molar-refractivity contribution is -0.121. The monoisotopic (exact) mass is 368 g/mol. The van der Waals surface area contributed by atoms with E-state index >= 15 is 0 Å². The van der Waals surface area contributed by atoms with Gasteiger partial charge in [-0.05, 0) is 40.0 Å². The number of carbonyl (C=O) groups is 2. The number of carbonyl (C=O) groups excluding carboxylic acids is 2. The summed E-state index contributed by atoms with van der Waals surface area (Å²) in [5, 5.41) is 12.5. The second-order valence-corrected chi connectivity index (χ2v) is 8.40. The molecule has 7 nitrogen and oxygen atoms in total. The van der Waals surface area contributed by atoms with Crippen LogP contribution in [0.5, 0.6) is 0 Å². The number of rotatable bonds is 5. The lowest BCUT2D eigenvalue weighted by atomic mass is 9.96. The maximum absolute atomic E-state index is 12.4. The minimum atomic E-state index is -0.501. The van der Waals surface area contributed by atoms with Crippen LogP contribution in [-0.4, -0.2) is 45.8 Å². The van der Waals surface area contributed by atoms with Crippen molar-refractivity contribution >= 4 is 28.5 Å². The number of nitrogens with zero attached hydrogens (tertiary/aromatic N) is 3. The number of anilines is 1. The first-order chi connectivity index (χ1) is 11.8. The summed E-state index contributed by atoms with van der Waals surface area (Å²) in [6.07, 6.45) is 4.04. The molecule has 1 fully saturated rings. The Morgan fingerprint density at radius 1 is 1.28 bits per heavy atom. The molecule has 0 atom stereocenters. The molecule has 1 aromatic heterocycles. The van der Waals surface area contributed by atoms with Gasteiger partial charge in [0.25, 0.3) is 0 Å². The Kier molecular flexibility index (Phi) is 6.75. The molecule has 2 amide bonds. The molecule has 1 aromatic rings. The largest absolute Gasteiger partial charge is 0.444 e. The summed E-state index contributed by atoms with van der Waals surface area (Å²) in [7, 11) is 0. The fourth-order valence-electron chi connectivity index (χ4n) is 2.59. The molecule has 2 heterocycles. The number of hydrogen-bond acceptors (Lipinski definition) is 6. The SMILES string of the molecule is CCCCc1nnc(NC(=O)C2CCN(C(=O)OC(C)(C)C)CC2)s1. The van der Waals surface area contributed by atoms with Gasteiger partial charge in [0.2, 0.25) is 11.0 Å². The minimum absolute atomic E-state index is 0.0398. The van der Waals surface area contributed by atoms with Crippen molar-refractivity contribution in [2.24, 2.45) is 5.92 Å². The van der Waals surface area contributed by atoms with E-state index in [1.807, 2.05) is 20.8 Å². The normalized spacial score (nSPS) is 15.9. The molecule has 140 valence electrons. The van der Waals surface area contributed by atoms with Gasteiger partial charge in [-0.2, -0.15) is 0 Å². The number of aromatic nitrogens is 2. The van der Waals surface area contributed by atoms with Crippen LogP contribution in [0.4, 0.5) is 9.93 Å². The Labute approximate surface area is 153 Å². The number of piperidine rings is 1. The van der Waals surface area contributed by atoms with Crippen molar-refractivity contribution in [3.63, 3.8) is 0 Å². The maximum Gasteiger partial charge on any atom is 0.410 e. The van der Waals surface area contributed by atoms with Gasteiger partial charge in [-0.1, -0.05) is 24.7 Å². The van der Waals surface area contributed by atoms with Crippen LogP contribution in [0, 0.1) is 5.92 Å². The van der Waals surface area contributed by atoms with Gasteiger partial charge in [0.1, 0.15) is 10.6 Å². The van der Waals surface area contributed by atoms with E-state index in [-0.39, 0.29) is 17.9 Å². The molecule has 0 radical (unpaired) electrons. The zero-order valence-electron chi connectivity index (χ0n) is 15.5. The molecular weight excluding hydrogens is 340 g/mol. The molecule has 25 heavy (non-hydrogen) atoms. The van der Waals surface area contributed by atoms with Crippen LogP contribution >= 0.6 is 11.3 Å². The van der Waals surface area contributed by atoms with Gasteiger partial charge in [0.05, 0.1) is 0 Å². The van der Waals surface area contributed by atoms with Crippen molar-refractivity contribution in [2.75, 3.05) is 18.4 Å². The van der Waals surface area contributed by atoms with Crippen molar-refractivity contribution < 1.29 is 14.3 Å². The number of nitrogens with one attached hydrogen (secondary N) is 1. The summed E-state index contributed by atoms with van der Waals surface area (Å²) in [5.74, 6) is -0.149. The molecule has 1 aliphatic heterocycles. The Bertz CT molecular complexity index is 589. The fraction of sp³-hybridized carbons (Fsp3) is 0.765. The molecule has 0 unspecified atom stereocenters. The quantitative estimate of drug-likeness (QED) is 0.860. The van der Waals surface area contributed by atoms with Crippen molar-refractivity contribution in [1.29, 1.82) is 0 Å². The third-order valence-corrected chi connectivity index (χ3v) is 4.86. The van der Waals surface area contributed by atoms with Crippen LogP contribution in [0.3, 0.4) is 0 Å². The smallest absolute Gasteiger partial charge is 0.410 e. The molecule has 0 saturated carbocycles. The van der Waals surface area contributed by atoms with E-state index in [2.05, 4.69) is 22.4 Å². The minimum Gasteiger partial charge on any atom is -0.444 e. The first kappa shape index (κ1) is 19.6. The lowest BCUT2D eigenvalue weighted by Gasteiger charge is -2.32. The highest BCUT2D eigenvalue weighted by atomic mass is 32.1. The van der Waals surface area contributed by atoms with Crippen molar-refractivity contribution in [3.05, 3.63) is 5.01 Å². The summed E-state index contributed by atoms with van der Waals surface area (Å²) in [4.78, 5) is 26.1. The molecule has 0 spiro atoms. The topological polar surface area (TPSA) is 84.4 Å². The van der Waals surface area contributed by atoms with Gasteiger partial charge < -0.3 is 15.0 Å². The first-order valence-electron chi connectivity index (χ1n) is 8.89. The van der Waals surface area contributed by atoms with Crippen molar-refractivity contribution in [1.82, 2.24) is 15.1 Å². The highest BCUT2D eigenvalue weighted by Gasteiger charge is 2.30. The molecule has 1 saturated heterocycles. The van der Waals surface area contributed by atoms with Gasteiger partial charge >= 0.3 is 6.09 Å². The zero-order valence-corrected chi connectivity index (χ0v) is 16.3. The van der Waals surface area contributed by atoms with E-state index in [0.717, 1.165) is 24.3 Å². The summed E-state index contributed by atoms with van der Waals surface area (Å²) in [6.45, 7) is 8.74. The number of unbranched alkanes of at least 4 members (excludes halogenated alkanes) is 1. The predicted octanol–water partition coefficient (Wildman–Crippen LogP) is 3.47. The van der Waals surface area contributed by atoms with Gasteiger partial charge in [-0.3, -0.25) is 4.79 Å². The Hall–Kier alpha value is -1.70. The lowest BCUT2D eigenvalue weighted by Crippen LogP contribution is -2.43. The van der Waals surface area contributed by atoms with Gasteiger partial charge in [-0.25, -0.2) is 4.79 Å². The summed E-state index contributed by atoms with van der Waals surface area (Å²) >= 11 is 1.44. The Morgan fingerprint density at radius 3 is 2.56 bits per heavy atom. The van der Waals surface area contributed by atoms with Gasteiger partial charge in [-0.15, -0.1) is 10.2 Å². The van der Waals surface area contributed by atoms with Crippen LogP contribution in [0.1, 0.15) is 58.4 Å². The van der Waals surface area contributed by atoms with Crippen LogP contribution in [0.25, 0.3) is 0 Å². The molecular formula is C17H28N4O3S. The first-order valence-corrected chi connectivity index (χ1v) is 9.71. The van der Waals surface area contributed by atoms with Crippen LogP contribution in [0.2, 0.25) is 0 Å². The Balaban J connectivity index is 1.79.